The molecule has 1 heterocycles. The molecule has 0 saturated carbocycles. The first-order valence-electron chi connectivity index (χ1n) is 3.88. The van der Waals surface area contributed by atoms with E-state index in [1.54, 1.807) is 6.08 Å². The lowest BCUT2D eigenvalue weighted by Crippen LogP contribution is -1.84. The number of nitriles is 1. The van der Waals surface area contributed by atoms with Crippen LogP contribution in [0.15, 0.2) is 24.4 Å². The van der Waals surface area contributed by atoms with E-state index in [1.807, 2.05) is 24.4 Å². The van der Waals surface area contributed by atoms with Crippen molar-refractivity contribution in [2.75, 3.05) is 0 Å². The van der Waals surface area contributed by atoms with Gasteiger partial charge < -0.3 is 0 Å². The SMILES string of the molecule is CCc1ccc(C=CC#N)nc1. The van der Waals surface area contributed by atoms with Gasteiger partial charge in [-0.15, -0.1) is 0 Å². The van der Waals surface area contributed by atoms with Gasteiger partial charge in [-0.05, 0) is 24.1 Å². The van der Waals surface area contributed by atoms with Crippen LogP contribution in [-0.4, -0.2) is 4.98 Å². The maximum absolute atomic E-state index is 8.26. The fourth-order valence-electron chi connectivity index (χ4n) is 0.866. The molecule has 1 aromatic rings. The maximum atomic E-state index is 8.26. The standard InChI is InChI=1S/C10H10N2/c1-2-9-5-6-10(12-8-9)4-3-7-11/h3-6,8H,2H2,1H3. The molecule has 0 N–H and O–H groups in total. The summed E-state index contributed by atoms with van der Waals surface area (Å²) in [5.74, 6) is 0. The summed E-state index contributed by atoms with van der Waals surface area (Å²) < 4.78 is 0. The van der Waals surface area contributed by atoms with Crippen molar-refractivity contribution in [3.63, 3.8) is 0 Å². The number of hydrogen-bond donors (Lipinski definition) is 0. The van der Waals surface area contributed by atoms with Gasteiger partial charge in [0.25, 0.3) is 0 Å². The quantitative estimate of drug-likeness (QED) is 0.618. The number of rotatable bonds is 2. The molecular formula is C10H10N2. The Bertz CT molecular complexity index is 304. The zero-order valence-electron chi connectivity index (χ0n) is 6.99. The Kier molecular flexibility index (Phi) is 3.04. The van der Waals surface area contributed by atoms with Gasteiger partial charge in [-0.25, -0.2) is 0 Å². The Balaban J connectivity index is 2.79. The highest BCUT2D eigenvalue weighted by Crippen LogP contribution is 2.01. The lowest BCUT2D eigenvalue weighted by atomic mass is 10.2. The van der Waals surface area contributed by atoms with Crippen LogP contribution >= 0.6 is 0 Å². The second kappa shape index (κ2) is 4.30. The Morgan fingerprint density at radius 1 is 1.58 bits per heavy atom. The van der Waals surface area contributed by atoms with Gasteiger partial charge in [-0.3, -0.25) is 4.98 Å². The predicted molar refractivity (Wildman–Crippen MR) is 48.3 cm³/mol. The fraction of sp³-hybridized carbons (Fsp3) is 0.200. The topological polar surface area (TPSA) is 36.7 Å². The number of allylic oxidation sites excluding steroid dienone is 1. The molecule has 0 aliphatic rings. The summed E-state index contributed by atoms with van der Waals surface area (Å²) in [4.78, 5) is 4.15. The van der Waals surface area contributed by atoms with E-state index < -0.39 is 0 Å². The third-order valence-electron chi connectivity index (χ3n) is 1.58. The highest BCUT2D eigenvalue weighted by atomic mass is 14.7. The van der Waals surface area contributed by atoms with Gasteiger partial charge in [0, 0.05) is 12.3 Å². The van der Waals surface area contributed by atoms with E-state index in [-0.39, 0.29) is 0 Å². The monoisotopic (exact) mass is 158 g/mol. The van der Waals surface area contributed by atoms with Crippen LogP contribution in [0.1, 0.15) is 18.2 Å². The van der Waals surface area contributed by atoms with E-state index in [9.17, 15) is 0 Å². The molecule has 2 nitrogen and oxygen atoms in total. The van der Waals surface area contributed by atoms with Crippen LogP contribution in [0.25, 0.3) is 6.08 Å². The van der Waals surface area contributed by atoms with Crippen molar-refractivity contribution in [3.8, 4) is 6.07 Å². The van der Waals surface area contributed by atoms with E-state index in [0.29, 0.717) is 0 Å². The largest absolute Gasteiger partial charge is 0.257 e. The summed E-state index contributed by atoms with van der Waals surface area (Å²) in [6.07, 6.45) is 5.94. The molecule has 0 fully saturated rings. The van der Waals surface area contributed by atoms with Crippen LogP contribution in [0.5, 0.6) is 0 Å². The fourth-order valence-corrected chi connectivity index (χ4v) is 0.866. The number of hydrogen-bond acceptors (Lipinski definition) is 2. The third-order valence-corrected chi connectivity index (χ3v) is 1.58. The van der Waals surface area contributed by atoms with Crippen LogP contribution in [0.4, 0.5) is 0 Å². The van der Waals surface area contributed by atoms with Crippen molar-refractivity contribution in [2.24, 2.45) is 0 Å². The van der Waals surface area contributed by atoms with Gasteiger partial charge in [-0.1, -0.05) is 13.0 Å². The Morgan fingerprint density at radius 3 is 2.92 bits per heavy atom. The van der Waals surface area contributed by atoms with Crippen LogP contribution < -0.4 is 0 Å². The van der Waals surface area contributed by atoms with Crippen molar-refractivity contribution in [3.05, 3.63) is 35.7 Å². The lowest BCUT2D eigenvalue weighted by molar-refractivity contribution is 1.10. The molecule has 0 radical (unpaired) electrons. The lowest BCUT2D eigenvalue weighted by Gasteiger charge is -1.94. The molecule has 1 aromatic heterocycles. The third kappa shape index (κ3) is 2.21. The second-order valence-corrected chi connectivity index (χ2v) is 2.41. The molecular weight excluding hydrogens is 148 g/mol. The summed E-state index contributed by atoms with van der Waals surface area (Å²) >= 11 is 0. The van der Waals surface area contributed by atoms with Crippen molar-refractivity contribution in [2.45, 2.75) is 13.3 Å². The first kappa shape index (κ1) is 8.48. The molecule has 0 aromatic carbocycles. The predicted octanol–water partition coefficient (Wildman–Crippen LogP) is 2.18. The minimum atomic E-state index is 0.828. The Labute approximate surface area is 72.2 Å². The highest BCUT2D eigenvalue weighted by Gasteiger charge is 1.89. The minimum absolute atomic E-state index is 0.828. The van der Waals surface area contributed by atoms with E-state index >= 15 is 0 Å². The molecule has 0 aliphatic heterocycles. The maximum Gasteiger partial charge on any atom is 0.0912 e. The van der Waals surface area contributed by atoms with Crippen LogP contribution in [0.2, 0.25) is 0 Å². The van der Waals surface area contributed by atoms with E-state index in [1.165, 1.54) is 11.6 Å². The number of nitrogens with zero attached hydrogens (tertiary/aromatic N) is 2. The average Bonchev–Trinajstić information content (AvgIpc) is 2.15. The molecule has 12 heavy (non-hydrogen) atoms. The summed E-state index contributed by atoms with van der Waals surface area (Å²) in [5, 5.41) is 8.26. The summed E-state index contributed by atoms with van der Waals surface area (Å²) in [5.41, 5.74) is 2.04. The van der Waals surface area contributed by atoms with E-state index in [0.717, 1.165) is 12.1 Å². The first-order chi connectivity index (χ1) is 5.86. The second-order valence-electron chi connectivity index (χ2n) is 2.41. The minimum Gasteiger partial charge on any atom is -0.257 e. The van der Waals surface area contributed by atoms with Gasteiger partial charge in [0.15, 0.2) is 0 Å². The Hall–Kier alpha value is -1.62. The van der Waals surface area contributed by atoms with Crippen LogP contribution in [0, 0.1) is 11.3 Å². The highest BCUT2D eigenvalue weighted by molar-refractivity contribution is 5.47. The molecule has 0 saturated heterocycles. The van der Waals surface area contributed by atoms with Crippen molar-refractivity contribution >= 4 is 6.08 Å². The molecule has 0 amide bonds. The molecule has 1 rings (SSSR count). The number of aromatic nitrogens is 1. The van der Waals surface area contributed by atoms with Crippen LogP contribution in [-0.2, 0) is 6.42 Å². The smallest absolute Gasteiger partial charge is 0.0912 e. The molecule has 2 heteroatoms. The van der Waals surface area contributed by atoms with Gasteiger partial charge in [0.2, 0.25) is 0 Å². The van der Waals surface area contributed by atoms with Gasteiger partial charge in [0.05, 0.1) is 11.8 Å². The molecule has 60 valence electrons. The van der Waals surface area contributed by atoms with Crippen molar-refractivity contribution < 1.29 is 0 Å². The van der Waals surface area contributed by atoms with Gasteiger partial charge in [-0.2, -0.15) is 5.26 Å². The summed E-state index contributed by atoms with van der Waals surface area (Å²) in [6, 6.07) is 5.85. The zero-order valence-corrected chi connectivity index (χ0v) is 6.99. The Morgan fingerprint density at radius 2 is 2.42 bits per heavy atom. The van der Waals surface area contributed by atoms with E-state index in [4.69, 9.17) is 5.26 Å². The summed E-state index contributed by atoms with van der Waals surface area (Å²) in [6.45, 7) is 2.09. The first-order valence-corrected chi connectivity index (χ1v) is 3.88. The van der Waals surface area contributed by atoms with Gasteiger partial charge >= 0.3 is 0 Å². The van der Waals surface area contributed by atoms with Crippen molar-refractivity contribution in [1.29, 1.82) is 5.26 Å². The molecule has 0 aliphatic carbocycles. The summed E-state index contributed by atoms with van der Waals surface area (Å²) in [7, 11) is 0. The average molecular weight is 158 g/mol. The number of aryl methyl sites for hydroxylation is 1. The normalized spacial score (nSPS) is 10.0. The molecule has 0 spiro atoms. The zero-order chi connectivity index (χ0) is 8.81. The van der Waals surface area contributed by atoms with E-state index in [2.05, 4.69) is 11.9 Å². The molecule has 0 unspecified atom stereocenters. The van der Waals surface area contributed by atoms with Crippen LogP contribution in [0.3, 0.4) is 0 Å². The molecule has 0 bridgehead atoms. The van der Waals surface area contributed by atoms with Gasteiger partial charge in [0.1, 0.15) is 0 Å². The number of pyridine rings is 1. The molecule has 0 atom stereocenters. The van der Waals surface area contributed by atoms with Crippen molar-refractivity contribution in [1.82, 2.24) is 4.98 Å².